The number of hydrogen-bond donors (Lipinski definition) is 3. The van der Waals surface area contributed by atoms with Gasteiger partial charge in [0, 0.05) is 39.7 Å². The maximum Gasteiger partial charge on any atom is 0.490 e. The fourth-order valence-corrected chi connectivity index (χ4v) is 5.45. The smallest absolute Gasteiger partial charge is 0.477 e. The minimum absolute atomic E-state index is 0.132. The predicted molar refractivity (Wildman–Crippen MR) is 153 cm³/mol. The van der Waals surface area contributed by atoms with Crippen molar-refractivity contribution >= 4 is 46.7 Å². The highest BCUT2D eigenvalue weighted by Crippen LogP contribution is 2.40. The van der Waals surface area contributed by atoms with Crippen LogP contribution in [0.3, 0.4) is 0 Å². The Kier molecular flexibility index (Phi) is 8.64. The predicted octanol–water partition coefficient (Wildman–Crippen LogP) is 5.10. The first kappa shape index (κ1) is 31.6. The number of nitrogens with one attached hydrogen (secondary N) is 1. The van der Waals surface area contributed by atoms with E-state index in [1.54, 1.807) is 28.8 Å². The highest BCUT2D eigenvalue weighted by atomic mass is 35.5. The number of halogens is 6. The van der Waals surface area contributed by atoms with Gasteiger partial charge in [-0.05, 0) is 53.6 Å². The highest BCUT2D eigenvalue weighted by molar-refractivity contribution is 6.34. The Labute approximate surface area is 263 Å². The van der Waals surface area contributed by atoms with Gasteiger partial charge in [-0.15, -0.1) is 5.10 Å². The molecule has 1 aliphatic heterocycles. The molecule has 0 fully saturated rings. The minimum Gasteiger partial charge on any atom is -0.477 e. The van der Waals surface area contributed by atoms with Crippen LogP contribution in [0.1, 0.15) is 34.5 Å². The average Bonchev–Trinajstić information content (AvgIpc) is 3.75. The van der Waals surface area contributed by atoms with Gasteiger partial charge in [-0.2, -0.15) is 17.9 Å². The molecule has 1 atom stereocenters. The van der Waals surface area contributed by atoms with Crippen molar-refractivity contribution in [2.45, 2.75) is 25.1 Å². The highest BCUT2D eigenvalue weighted by Gasteiger charge is 2.38. The lowest BCUT2D eigenvalue weighted by atomic mass is 10.0. The summed E-state index contributed by atoms with van der Waals surface area (Å²) >= 11 is 19.6. The van der Waals surface area contributed by atoms with Crippen LogP contribution in [0.2, 0.25) is 15.2 Å². The zero-order valence-electron chi connectivity index (χ0n) is 22.1. The van der Waals surface area contributed by atoms with Gasteiger partial charge in [-0.3, -0.25) is 4.79 Å². The number of nitrogens with zero attached hydrogens (tertiary/aromatic N) is 7. The summed E-state index contributed by atoms with van der Waals surface area (Å²) in [6.07, 6.45) is -1.20. The Morgan fingerprint density at radius 1 is 1.04 bits per heavy atom. The Morgan fingerprint density at radius 2 is 1.78 bits per heavy atom. The summed E-state index contributed by atoms with van der Waals surface area (Å²) in [6.45, 7) is 0. The number of carboxylic acids is 2. The number of aromatic nitrogens is 8. The van der Waals surface area contributed by atoms with Crippen molar-refractivity contribution in [3.63, 3.8) is 0 Å². The molecule has 4 aromatic heterocycles. The maximum absolute atomic E-state index is 13.5. The van der Waals surface area contributed by atoms with Crippen molar-refractivity contribution in [3.8, 4) is 28.1 Å². The quantitative estimate of drug-likeness (QED) is 0.225. The van der Waals surface area contributed by atoms with Gasteiger partial charge in [0.1, 0.15) is 28.7 Å². The second-order valence-corrected chi connectivity index (χ2v) is 10.5. The van der Waals surface area contributed by atoms with Gasteiger partial charge >= 0.3 is 18.1 Å². The lowest BCUT2D eigenvalue weighted by molar-refractivity contribution is -0.192. The largest absolute Gasteiger partial charge is 0.490 e. The van der Waals surface area contributed by atoms with Crippen molar-refractivity contribution < 1.29 is 33.0 Å². The van der Waals surface area contributed by atoms with E-state index >= 15 is 0 Å². The number of imidazole rings is 1. The van der Waals surface area contributed by atoms with Crippen LogP contribution in [0, 0.1) is 0 Å². The molecule has 1 aromatic carbocycles. The lowest BCUT2D eigenvalue weighted by Gasteiger charge is -2.16. The van der Waals surface area contributed by atoms with E-state index in [4.69, 9.17) is 44.7 Å². The first-order valence-corrected chi connectivity index (χ1v) is 13.6. The zero-order chi connectivity index (χ0) is 32.6. The van der Waals surface area contributed by atoms with Crippen LogP contribution in [0.25, 0.3) is 28.1 Å². The number of hydrogen-bond acceptors (Lipinski definition) is 8. The first-order chi connectivity index (χ1) is 21.3. The number of aromatic amines is 1. The summed E-state index contributed by atoms with van der Waals surface area (Å²) < 4.78 is 34.8. The van der Waals surface area contributed by atoms with Crippen LogP contribution in [0.15, 0.2) is 53.7 Å². The average molecular weight is 684 g/mol. The lowest BCUT2D eigenvalue weighted by Crippen LogP contribution is -2.24. The third-order valence-electron chi connectivity index (χ3n) is 6.59. The van der Waals surface area contributed by atoms with E-state index in [0.717, 1.165) is 0 Å². The molecule has 0 saturated heterocycles. The molecule has 0 saturated carbocycles. The molecular weight excluding hydrogens is 668 g/mol. The summed E-state index contributed by atoms with van der Waals surface area (Å²) in [5, 5.41) is 28.8. The topological polar surface area (TPSA) is 182 Å². The third kappa shape index (κ3) is 6.38. The van der Waals surface area contributed by atoms with Gasteiger partial charge in [-0.1, -0.05) is 34.8 Å². The van der Waals surface area contributed by atoms with E-state index in [-0.39, 0.29) is 16.4 Å². The van der Waals surface area contributed by atoms with Gasteiger partial charge in [-0.25, -0.2) is 19.6 Å². The number of pyridine rings is 2. The number of carbonyl (C=O) groups is 2. The van der Waals surface area contributed by atoms with Crippen molar-refractivity contribution in [2.75, 3.05) is 0 Å². The van der Waals surface area contributed by atoms with Gasteiger partial charge in [0.2, 0.25) is 0 Å². The molecule has 19 heteroatoms. The normalized spacial score (nSPS) is 14.0. The number of tetrazole rings is 1. The standard InChI is InChI=1S/C24H15Cl3N8O3.C2HF3O2/c25-12-1-2-16(34-10-29-32-33-34)13(8-12)14-9-19(36)35-17(20(14)26)3-4-18(35)23-30-21(22(27)31-23)11-5-6-28-15(7-11)24(37)38;3-2(4,5)1(6)7/h1-2,5-10,18H,3-4H2,(H,30,31)(H,37,38);(H,6,7)/t18-;/m0./s1. The van der Waals surface area contributed by atoms with Crippen LogP contribution in [-0.2, 0) is 11.2 Å². The molecule has 0 spiro atoms. The molecule has 0 radical (unpaired) electrons. The molecule has 0 aliphatic carbocycles. The number of carboxylic acid groups (broad SMARTS) is 2. The number of aromatic carboxylic acids is 1. The number of rotatable bonds is 5. The van der Waals surface area contributed by atoms with Gasteiger partial charge < -0.3 is 19.8 Å². The van der Waals surface area contributed by atoms with Crippen molar-refractivity contribution in [3.05, 3.63) is 91.7 Å². The van der Waals surface area contributed by atoms with E-state index in [9.17, 15) is 27.9 Å². The second-order valence-electron chi connectivity index (χ2n) is 9.32. The number of aliphatic carboxylic acids is 1. The Balaban J connectivity index is 0.000000515. The maximum atomic E-state index is 13.5. The minimum atomic E-state index is -5.08. The number of alkyl halides is 3. The number of H-pyrrole nitrogens is 1. The van der Waals surface area contributed by atoms with Crippen LogP contribution in [0.5, 0.6) is 0 Å². The molecule has 5 heterocycles. The molecule has 0 bridgehead atoms. The van der Waals surface area contributed by atoms with E-state index < -0.39 is 24.2 Å². The van der Waals surface area contributed by atoms with Crippen molar-refractivity contribution in [1.29, 1.82) is 0 Å². The van der Waals surface area contributed by atoms with Crippen LogP contribution in [-0.4, -0.2) is 68.1 Å². The SMILES string of the molecule is O=C(O)C(F)(F)F.O=C(O)c1cc(-c2nc([C@@H]3CCc4c(Cl)c(-c5cc(Cl)ccc5-n5cnnn5)cc(=O)n43)[nH]c2Cl)ccn1. The first-order valence-electron chi connectivity index (χ1n) is 12.5. The summed E-state index contributed by atoms with van der Waals surface area (Å²) in [6, 6.07) is 9.17. The van der Waals surface area contributed by atoms with Gasteiger partial charge in [0.15, 0.2) is 0 Å². The Morgan fingerprint density at radius 3 is 2.42 bits per heavy atom. The van der Waals surface area contributed by atoms with E-state index in [0.29, 0.717) is 62.5 Å². The van der Waals surface area contributed by atoms with Gasteiger partial charge in [0.05, 0.1) is 16.8 Å². The monoisotopic (exact) mass is 682 g/mol. The molecule has 5 aromatic rings. The zero-order valence-corrected chi connectivity index (χ0v) is 24.4. The van der Waals surface area contributed by atoms with Gasteiger partial charge in [0.25, 0.3) is 5.56 Å². The molecule has 45 heavy (non-hydrogen) atoms. The molecule has 3 N–H and O–H groups in total. The van der Waals surface area contributed by atoms with E-state index in [1.165, 1.54) is 29.3 Å². The third-order valence-corrected chi connectivity index (χ3v) is 7.52. The molecule has 6 rings (SSSR count). The van der Waals surface area contributed by atoms with Crippen molar-refractivity contribution in [2.24, 2.45) is 0 Å². The van der Waals surface area contributed by atoms with Crippen LogP contribution in [0.4, 0.5) is 13.2 Å². The summed E-state index contributed by atoms with van der Waals surface area (Å²) in [7, 11) is 0. The summed E-state index contributed by atoms with van der Waals surface area (Å²) in [5.41, 5.74) is 2.80. The Bertz CT molecular complexity index is 2000. The Hall–Kier alpha value is -4.80. The number of fused-ring (bicyclic) bond motifs is 1. The molecule has 1 aliphatic rings. The number of benzene rings is 1. The molecule has 0 unspecified atom stereocenters. The summed E-state index contributed by atoms with van der Waals surface area (Å²) in [4.78, 5) is 45.2. The molecule has 13 nitrogen and oxygen atoms in total. The van der Waals surface area contributed by atoms with E-state index in [2.05, 4.69) is 30.5 Å². The van der Waals surface area contributed by atoms with Crippen molar-refractivity contribution in [1.82, 2.24) is 39.7 Å². The second kappa shape index (κ2) is 12.3. The van der Waals surface area contributed by atoms with Crippen LogP contribution >= 0.6 is 34.8 Å². The molecule has 232 valence electrons. The van der Waals surface area contributed by atoms with Crippen LogP contribution < -0.4 is 5.56 Å². The molecule has 0 amide bonds. The fourth-order valence-electron chi connectivity index (χ4n) is 4.69. The fraction of sp³-hybridized carbons (Fsp3) is 0.154. The summed E-state index contributed by atoms with van der Waals surface area (Å²) in [5.74, 6) is -3.46. The van der Waals surface area contributed by atoms with E-state index in [1.807, 2.05) is 0 Å². The molecular formula is C26H16Cl3F3N8O5.